The van der Waals surface area contributed by atoms with E-state index in [4.69, 9.17) is 10.2 Å². The van der Waals surface area contributed by atoms with Crippen LogP contribution in [0.15, 0.2) is 0 Å². The van der Waals surface area contributed by atoms with E-state index < -0.39 is 10.8 Å². The first-order chi connectivity index (χ1) is 5.50. The molecule has 0 saturated carbocycles. The van der Waals surface area contributed by atoms with Crippen molar-refractivity contribution in [3.05, 3.63) is 10.1 Å². The maximum Gasteiger partial charge on any atom is 0.437 e. The number of nitrogens with zero attached hydrogens (tertiary/aromatic N) is 1. The summed E-state index contributed by atoms with van der Waals surface area (Å²) in [6.45, 7) is 2.01. The van der Waals surface area contributed by atoms with E-state index >= 15 is 0 Å². The Labute approximate surface area is 71.2 Å². The minimum Gasteiger partial charge on any atom is -0.307 e. The summed E-state index contributed by atoms with van der Waals surface area (Å²) >= 11 is 0. The lowest BCUT2D eigenvalue weighted by molar-refractivity contribution is -0.684. The molecule has 0 unspecified atom stereocenters. The van der Waals surface area contributed by atoms with E-state index in [1.807, 2.05) is 6.92 Å². The molecule has 0 aliphatic rings. The second-order valence-corrected chi connectivity index (χ2v) is 2.84. The molecule has 0 aliphatic heterocycles. The van der Waals surface area contributed by atoms with Gasteiger partial charge in [-0.2, -0.15) is 0 Å². The molecule has 0 atom stereocenters. The summed E-state index contributed by atoms with van der Waals surface area (Å²) in [5.74, 6) is -2.73. The average Bonchev–Trinajstić information content (AvgIpc) is 1.98. The first-order valence-electron chi connectivity index (χ1n) is 4.10. The van der Waals surface area contributed by atoms with Gasteiger partial charge in [0.2, 0.25) is 0 Å². The lowest BCUT2D eigenvalue weighted by Crippen LogP contribution is -2.37. The fraction of sp³-hybridized carbons (Fsp3) is 1.00. The lowest BCUT2D eigenvalue weighted by atomic mass is 10.1. The summed E-state index contributed by atoms with van der Waals surface area (Å²) in [4.78, 5) is 8.92. The number of hydrogen-bond donors (Lipinski definition) is 2. The number of rotatable bonds is 6. The summed E-state index contributed by atoms with van der Waals surface area (Å²) in [6, 6.07) is 0. The highest BCUT2D eigenvalue weighted by molar-refractivity contribution is 4.50. The lowest BCUT2D eigenvalue weighted by Gasteiger charge is -2.10. The SMILES string of the molecule is CCCCCCC(O)(O)[N+](=O)[O-]. The normalized spacial score (nSPS) is 11.6. The summed E-state index contributed by atoms with van der Waals surface area (Å²) in [5, 5.41) is 27.5. The monoisotopic (exact) mass is 177 g/mol. The molecule has 0 rings (SSSR count). The molecule has 0 aromatic rings. The molecule has 0 aromatic heterocycles. The second-order valence-electron chi connectivity index (χ2n) is 2.84. The summed E-state index contributed by atoms with van der Waals surface area (Å²) < 4.78 is 0. The highest BCUT2D eigenvalue weighted by Crippen LogP contribution is 2.12. The van der Waals surface area contributed by atoms with E-state index in [1.54, 1.807) is 0 Å². The molecule has 2 N–H and O–H groups in total. The zero-order valence-electron chi connectivity index (χ0n) is 7.19. The largest absolute Gasteiger partial charge is 0.437 e. The van der Waals surface area contributed by atoms with Crippen molar-refractivity contribution in [2.45, 2.75) is 44.9 Å². The van der Waals surface area contributed by atoms with Crippen LogP contribution >= 0.6 is 0 Å². The van der Waals surface area contributed by atoms with Gasteiger partial charge < -0.3 is 10.2 Å². The fourth-order valence-electron chi connectivity index (χ4n) is 0.880. The van der Waals surface area contributed by atoms with Gasteiger partial charge in [-0.1, -0.05) is 26.2 Å². The standard InChI is InChI=1S/C7H15NO4/c1-2-3-4-5-6-7(9,10)8(11)12/h9-10H,2-6H2,1H3. The third-order valence-electron chi connectivity index (χ3n) is 1.66. The Hall–Kier alpha value is -0.680. The third-order valence-corrected chi connectivity index (χ3v) is 1.66. The van der Waals surface area contributed by atoms with Crippen LogP contribution in [0.5, 0.6) is 0 Å². The molecule has 5 heteroatoms. The smallest absolute Gasteiger partial charge is 0.307 e. The Kier molecular flexibility index (Phi) is 4.77. The molecule has 0 heterocycles. The van der Waals surface area contributed by atoms with Gasteiger partial charge in [-0.3, -0.25) is 10.1 Å². The first-order valence-corrected chi connectivity index (χ1v) is 4.10. The molecule has 0 bridgehead atoms. The van der Waals surface area contributed by atoms with E-state index in [9.17, 15) is 10.1 Å². The number of unbranched alkanes of at least 4 members (excludes halogenated alkanes) is 3. The van der Waals surface area contributed by atoms with Crippen molar-refractivity contribution in [1.29, 1.82) is 0 Å². The first kappa shape index (κ1) is 11.3. The van der Waals surface area contributed by atoms with E-state index in [-0.39, 0.29) is 6.42 Å². The van der Waals surface area contributed by atoms with E-state index in [1.165, 1.54) is 0 Å². The molecular weight excluding hydrogens is 162 g/mol. The van der Waals surface area contributed by atoms with Crippen molar-refractivity contribution >= 4 is 0 Å². The Morgan fingerprint density at radius 2 is 1.92 bits per heavy atom. The summed E-state index contributed by atoms with van der Waals surface area (Å²) in [7, 11) is 0. The van der Waals surface area contributed by atoms with Crippen molar-refractivity contribution in [2.24, 2.45) is 0 Å². The summed E-state index contributed by atoms with van der Waals surface area (Å²) in [6.07, 6.45) is 3.06. The molecular formula is C7H15NO4. The topological polar surface area (TPSA) is 83.6 Å². The Balaban J connectivity index is 3.54. The van der Waals surface area contributed by atoms with Crippen molar-refractivity contribution < 1.29 is 15.1 Å². The van der Waals surface area contributed by atoms with E-state index in [0.29, 0.717) is 6.42 Å². The number of hydrogen-bond acceptors (Lipinski definition) is 4. The van der Waals surface area contributed by atoms with Gasteiger partial charge in [-0.05, 0) is 6.42 Å². The third kappa shape index (κ3) is 4.25. The Bertz CT molecular complexity index is 146. The maximum atomic E-state index is 9.99. The molecule has 0 fully saturated rings. The van der Waals surface area contributed by atoms with Gasteiger partial charge in [0.25, 0.3) is 0 Å². The zero-order chi connectivity index (χ0) is 9.61. The predicted octanol–water partition coefficient (Wildman–Crippen LogP) is 0.872. The van der Waals surface area contributed by atoms with Crippen molar-refractivity contribution in [2.75, 3.05) is 0 Å². The van der Waals surface area contributed by atoms with Gasteiger partial charge in [0.15, 0.2) is 0 Å². The van der Waals surface area contributed by atoms with Crippen LogP contribution in [0.2, 0.25) is 0 Å². The number of nitro groups is 1. The predicted molar refractivity (Wildman–Crippen MR) is 42.9 cm³/mol. The van der Waals surface area contributed by atoms with Gasteiger partial charge in [-0.25, -0.2) is 0 Å². The van der Waals surface area contributed by atoms with Crippen molar-refractivity contribution in [3.63, 3.8) is 0 Å². The minimum absolute atomic E-state index is 0.194. The Morgan fingerprint density at radius 3 is 2.33 bits per heavy atom. The van der Waals surface area contributed by atoms with Crippen molar-refractivity contribution in [1.82, 2.24) is 0 Å². The van der Waals surface area contributed by atoms with Crippen LogP contribution in [-0.4, -0.2) is 21.0 Å². The zero-order valence-corrected chi connectivity index (χ0v) is 7.19. The highest BCUT2D eigenvalue weighted by Gasteiger charge is 2.36. The average molecular weight is 177 g/mol. The molecule has 0 aromatic carbocycles. The molecule has 0 amide bonds. The summed E-state index contributed by atoms with van der Waals surface area (Å²) in [5.41, 5.74) is 0. The van der Waals surface area contributed by atoms with Crippen molar-refractivity contribution in [3.8, 4) is 0 Å². The molecule has 0 spiro atoms. The van der Waals surface area contributed by atoms with Crippen LogP contribution in [0.25, 0.3) is 0 Å². The van der Waals surface area contributed by atoms with Crippen LogP contribution in [0.1, 0.15) is 39.0 Å². The molecule has 0 aliphatic carbocycles. The van der Waals surface area contributed by atoms with Gasteiger partial charge >= 0.3 is 5.91 Å². The molecule has 0 radical (unpaired) electrons. The van der Waals surface area contributed by atoms with Crippen LogP contribution in [0, 0.1) is 10.1 Å². The highest BCUT2D eigenvalue weighted by atomic mass is 16.7. The van der Waals surface area contributed by atoms with Crippen LogP contribution in [0.3, 0.4) is 0 Å². The van der Waals surface area contributed by atoms with Crippen LogP contribution in [-0.2, 0) is 0 Å². The van der Waals surface area contributed by atoms with Gasteiger partial charge in [0.1, 0.15) is 0 Å². The van der Waals surface area contributed by atoms with Gasteiger partial charge in [0.05, 0.1) is 11.3 Å². The maximum absolute atomic E-state index is 9.99. The van der Waals surface area contributed by atoms with E-state index in [2.05, 4.69) is 0 Å². The Morgan fingerprint density at radius 1 is 1.33 bits per heavy atom. The quantitative estimate of drug-likeness (QED) is 0.273. The molecule has 0 saturated heterocycles. The second kappa shape index (κ2) is 5.05. The van der Waals surface area contributed by atoms with Crippen LogP contribution in [0.4, 0.5) is 0 Å². The fourth-order valence-corrected chi connectivity index (χ4v) is 0.880. The minimum atomic E-state index is -2.73. The molecule has 72 valence electrons. The van der Waals surface area contributed by atoms with E-state index in [0.717, 1.165) is 19.3 Å². The van der Waals surface area contributed by atoms with Crippen LogP contribution < -0.4 is 0 Å². The van der Waals surface area contributed by atoms with Gasteiger partial charge in [-0.15, -0.1) is 0 Å². The molecule has 12 heavy (non-hydrogen) atoms. The number of aliphatic hydroxyl groups is 2. The molecule has 5 nitrogen and oxygen atoms in total. The van der Waals surface area contributed by atoms with Gasteiger partial charge in [0, 0.05) is 0 Å².